The molecule has 8 heteroatoms. The van der Waals surface area contributed by atoms with Gasteiger partial charge in [-0.05, 0) is 31.4 Å². The second kappa shape index (κ2) is 7.55. The van der Waals surface area contributed by atoms with Crippen molar-refractivity contribution in [2.75, 3.05) is 13.1 Å². The lowest BCUT2D eigenvalue weighted by Gasteiger charge is -2.35. The van der Waals surface area contributed by atoms with Gasteiger partial charge in [0.2, 0.25) is 0 Å². The van der Waals surface area contributed by atoms with E-state index in [1.807, 2.05) is 44.2 Å². The molecular formula is C18H23N5O3. The summed E-state index contributed by atoms with van der Waals surface area (Å²) in [6.45, 7) is 4.58. The standard InChI is InChI=1S/C18H23N5O3/c1-12-8-14(17(24)25)10-22(9-12)18(26)19-13(2)16-11-23(21-20-16)15-6-4-3-5-7-15/h3-7,11-14H,8-10H2,1-2H3,(H,19,26)(H,24,25). The van der Waals surface area contributed by atoms with Crippen LogP contribution in [0.15, 0.2) is 36.5 Å². The predicted octanol–water partition coefficient (Wildman–Crippen LogP) is 2.08. The van der Waals surface area contributed by atoms with Gasteiger partial charge in [-0.2, -0.15) is 0 Å². The van der Waals surface area contributed by atoms with Gasteiger partial charge in [0.05, 0.1) is 23.8 Å². The monoisotopic (exact) mass is 357 g/mol. The largest absolute Gasteiger partial charge is 0.481 e. The van der Waals surface area contributed by atoms with Crippen molar-refractivity contribution in [3.8, 4) is 5.69 Å². The Morgan fingerprint density at radius 3 is 2.69 bits per heavy atom. The molecule has 0 radical (unpaired) electrons. The fourth-order valence-corrected chi connectivity index (χ4v) is 3.23. The third kappa shape index (κ3) is 4.01. The number of piperidine rings is 1. The van der Waals surface area contributed by atoms with E-state index < -0.39 is 11.9 Å². The van der Waals surface area contributed by atoms with Gasteiger partial charge >= 0.3 is 12.0 Å². The molecule has 8 nitrogen and oxygen atoms in total. The van der Waals surface area contributed by atoms with Gasteiger partial charge in [-0.3, -0.25) is 4.79 Å². The SMILES string of the molecule is CC1CC(C(=O)O)CN(C(=O)NC(C)c2cn(-c3ccccc3)nn2)C1. The van der Waals surface area contributed by atoms with E-state index in [0.29, 0.717) is 18.7 Å². The molecule has 0 aliphatic carbocycles. The van der Waals surface area contributed by atoms with E-state index in [1.54, 1.807) is 15.8 Å². The lowest BCUT2D eigenvalue weighted by Crippen LogP contribution is -2.49. The van der Waals surface area contributed by atoms with Crippen LogP contribution in [0.25, 0.3) is 5.69 Å². The van der Waals surface area contributed by atoms with E-state index in [0.717, 1.165) is 5.69 Å². The van der Waals surface area contributed by atoms with E-state index in [-0.39, 0.29) is 24.5 Å². The van der Waals surface area contributed by atoms with Crippen LogP contribution in [0, 0.1) is 11.8 Å². The molecule has 1 aliphatic heterocycles. The van der Waals surface area contributed by atoms with Crippen molar-refractivity contribution >= 4 is 12.0 Å². The number of rotatable bonds is 4. The zero-order chi connectivity index (χ0) is 18.7. The first-order chi connectivity index (χ1) is 12.4. The number of carbonyl (C=O) groups excluding carboxylic acids is 1. The molecule has 1 aromatic heterocycles. The van der Waals surface area contributed by atoms with E-state index in [4.69, 9.17) is 0 Å². The topological polar surface area (TPSA) is 100 Å². The zero-order valence-corrected chi connectivity index (χ0v) is 14.9. The Hall–Kier alpha value is -2.90. The number of aromatic nitrogens is 3. The highest BCUT2D eigenvalue weighted by molar-refractivity contribution is 5.77. The molecule has 3 atom stereocenters. The Kier molecular flexibility index (Phi) is 5.20. The van der Waals surface area contributed by atoms with Crippen LogP contribution in [0.2, 0.25) is 0 Å². The van der Waals surface area contributed by atoms with Gasteiger partial charge in [0.1, 0.15) is 5.69 Å². The smallest absolute Gasteiger partial charge is 0.317 e. The number of hydrogen-bond acceptors (Lipinski definition) is 4. The van der Waals surface area contributed by atoms with Gasteiger partial charge in [-0.25, -0.2) is 9.48 Å². The van der Waals surface area contributed by atoms with Gasteiger partial charge in [0.25, 0.3) is 0 Å². The zero-order valence-electron chi connectivity index (χ0n) is 14.9. The number of para-hydroxylation sites is 1. The van der Waals surface area contributed by atoms with Crippen molar-refractivity contribution in [3.63, 3.8) is 0 Å². The van der Waals surface area contributed by atoms with Gasteiger partial charge in [0, 0.05) is 13.1 Å². The maximum Gasteiger partial charge on any atom is 0.317 e. The number of nitrogens with one attached hydrogen (secondary N) is 1. The van der Waals surface area contributed by atoms with Crippen LogP contribution >= 0.6 is 0 Å². The number of nitrogens with zero attached hydrogens (tertiary/aromatic N) is 4. The first kappa shape index (κ1) is 17.9. The van der Waals surface area contributed by atoms with Crippen LogP contribution in [-0.2, 0) is 4.79 Å². The number of aliphatic carboxylic acids is 1. The molecular weight excluding hydrogens is 334 g/mol. The molecule has 1 aromatic carbocycles. The first-order valence-corrected chi connectivity index (χ1v) is 8.70. The number of amides is 2. The Labute approximate surface area is 151 Å². The van der Waals surface area contributed by atoms with Gasteiger partial charge in [-0.15, -0.1) is 5.10 Å². The number of carbonyl (C=O) groups is 2. The van der Waals surface area contributed by atoms with Crippen molar-refractivity contribution in [1.82, 2.24) is 25.2 Å². The molecule has 1 aliphatic rings. The summed E-state index contributed by atoms with van der Waals surface area (Å²) >= 11 is 0. The number of hydrogen-bond donors (Lipinski definition) is 2. The lowest BCUT2D eigenvalue weighted by molar-refractivity contribution is -0.143. The fourth-order valence-electron chi connectivity index (χ4n) is 3.23. The minimum absolute atomic E-state index is 0.157. The van der Waals surface area contributed by atoms with Crippen molar-refractivity contribution in [2.24, 2.45) is 11.8 Å². The molecule has 0 spiro atoms. The predicted molar refractivity (Wildman–Crippen MR) is 94.8 cm³/mol. The first-order valence-electron chi connectivity index (χ1n) is 8.70. The van der Waals surface area contributed by atoms with Crippen molar-refractivity contribution in [2.45, 2.75) is 26.3 Å². The van der Waals surface area contributed by atoms with E-state index >= 15 is 0 Å². The molecule has 26 heavy (non-hydrogen) atoms. The number of benzene rings is 1. The second-order valence-electron chi connectivity index (χ2n) is 6.88. The molecule has 1 saturated heterocycles. The molecule has 0 saturated carbocycles. The number of carboxylic acids is 1. The number of urea groups is 1. The van der Waals surface area contributed by atoms with E-state index in [9.17, 15) is 14.7 Å². The number of likely N-dealkylation sites (tertiary alicyclic amines) is 1. The average molecular weight is 357 g/mol. The summed E-state index contributed by atoms with van der Waals surface area (Å²) in [5.41, 5.74) is 1.53. The third-order valence-corrected chi connectivity index (χ3v) is 4.61. The molecule has 1 fully saturated rings. The van der Waals surface area contributed by atoms with Crippen molar-refractivity contribution in [3.05, 3.63) is 42.2 Å². The van der Waals surface area contributed by atoms with E-state index in [2.05, 4.69) is 15.6 Å². The molecule has 2 heterocycles. The summed E-state index contributed by atoms with van der Waals surface area (Å²) in [7, 11) is 0. The summed E-state index contributed by atoms with van der Waals surface area (Å²) in [6, 6.07) is 8.99. The summed E-state index contributed by atoms with van der Waals surface area (Å²) in [4.78, 5) is 25.4. The Bertz CT molecular complexity index is 776. The van der Waals surface area contributed by atoms with Crippen LogP contribution in [-0.4, -0.2) is 50.1 Å². The minimum Gasteiger partial charge on any atom is -0.481 e. The highest BCUT2D eigenvalue weighted by atomic mass is 16.4. The molecule has 2 aromatic rings. The van der Waals surface area contributed by atoms with Crippen LogP contribution in [0.3, 0.4) is 0 Å². The van der Waals surface area contributed by atoms with Crippen LogP contribution in [0.1, 0.15) is 32.0 Å². The summed E-state index contributed by atoms with van der Waals surface area (Å²) in [5.74, 6) is -1.21. The average Bonchev–Trinajstić information content (AvgIpc) is 3.12. The normalized spacial score (nSPS) is 21.2. The minimum atomic E-state index is -0.854. The highest BCUT2D eigenvalue weighted by Crippen LogP contribution is 2.22. The highest BCUT2D eigenvalue weighted by Gasteiger charge is 2.32. The molecule has 3 unspecified atom stereocenters. The van der Waals surface area contributed by atoms with Crippen molar-refractivity contribution < 1.29 is 14.7 Å². The third-order valence-electron chi connectivity index (χ3n) is 4.61. The van der Waals surface area contributed by atoms with Crippen LogP contribution < -0.4 is 5.32 Å². The quantitative estimate of drug-likeness (QED) is 0.872. The molecule has 0 bridgehead atoms. The second-order valence-corrected chi connectivity index (χ2v) is 6.88. The maximum absolute atomic E-state index is 12.5. The van der Waals surface area contributed by atoms with Gasteiger partial charge in [0.15, 0.2) is 0 Å². The lowest BCUT2D eigenvalue weighted by atomic mass is 9.91. The summed E-state index contributed by atoms with van der Waals surface area (Å²) < 4.78 is 1.65. The maximum atomic E-state index is 12.5. The summed E-state index contributed by atoms with van der Waals surface area (Å²) in [5, 5.41) is 20.4. The van der Waals surface area contributed by atoms with Gasteiger partial charge in [-0.1, -0.05) is 30.3 Å². The Morgan fingerprint density at radius 2 is 2.00 bits per heavy atom. The van der Waals surface area contributed by atoms with Crippen LogP contribution in [0.5, 0.6) is 0 Å². The van der Waals surface area contributed by atoms with Crippen molar-refractivity contribution in [1.29, 1.82) is 0 Å². The molecule has 138 valence electrons. The Morgan fingerprint density at radius 1 is 1.27 bits per heavy atom. The fraction of sp³-hybridized carbons (Fsp3) is 0.444. The number of carboxylic acid groups (broad SMARTS) is 1. The van der Waals surface area contributed by atoms with E-state index in [1.165, 1.54) is 0 Å². The molecule has 2 N–H and O–H groups in total. The Balaban J connectivity index is 1.64. The van der Waals surface area contributed by atoms with Crippen LogP contribution in [0.4, 0.5) is 4.79 Å². The summed E-state index contributed by atoms with van der Waals surface area (Å²) in [6.07, 6.45) is 2.37. The van der Waals surface area contributed by atoms with Gasteiger partial charge < -0.3 is 15.3 Å². The molecule has 2 amide bonds. The molecule has 3 rings (SSSR count).